The molecule has 0 spiro atoms. The van der Waals surface area contributed by atoms with Crippen molar-refractivity contribution < 1.29 is 13.2 Å². The molecule has 2 aliphatic rings. The fourth-order valence-electron chi connectivity index (χ4n) is 4.02. The van der Waals surface area contributed by atoms with Crippen LogP contribution in [0.5, 0.6) is 0 Å². The first-order chi connectivity index (χ1) is 13.3. The predicted octanol–water partition coefficient (Wildman–Crippen LogP) is 3.07. The molecule has 6 nitrogen and oxygen atoms in total. The van der Waals surface area contributed by atoms with Gasteiger partial charge in [-0.2, -0.15) is 4.31 Å². The Bertz CT molecular complexity index is 797. The summed E-state index contributed by atoms with van der Waals surface area (Å²) in [5.74, 6) is -0.124. The van der Waals surface area contributed by atoms with Crippen LogP contribution < -0.4 is 0 Å². The third kappa shape index (κ3) is 4.70. The topological polar surface area (TPSA) is 60.9 Å². The van der Waals surface area contributed by atoms with Crippen molar-refractivity contribution in [1.82, 2.24) is 14.1 Å². The normalized spacial score (nSPS) is 20.4. The summed E-state index contributed by atoms with van der Waals surface area (Å²) in [4.78, 5) is 17.0. The highest BCUT2D eigenvalue weighted by Crippen LogP contribution is 2.28. The summed E-state index contributed by atoms with van der Waals surface area (Å²) in [5, 5.41) is 0.173. The molecule has 3 rings (SSSR count). The Balaban J connectivity index is 1.80. The highest BCUT2D eigenvalue weighted by Gasteiger charge is 2.30. The van der Waals surface area contributed by atoms with Crippen molar-refractivity contribution in [3.05, 3.63) is 28.8 Å². The van der Waals surface area contributed by atoms with Gasteiger partial charge < -0.3 is 9.80 Å². The van der Waals surface area contributed by atoms with E-state index in [0.29, 0.717) is 37.8 Å². The molecule has 2 saturated heterocycles. The number of hydrogen-bond acceptors (Lipinski definition) is 4. The Kier molecular flexibility index (Phi) is 7.02. The number of carbonyl (C=O) groups is 1. The van der Waals surface area contributed by atoms with Crippen molar-refractivity contribution in [2.75, 3.05) is 40.3 Å². The average Bonchev–Trinajstić information content (AvgIpc) is 2.98. The Labute approximate surface area is 173 Å². The molecule has 1 amide bonds. The molecule has 2 aliphatic heterocycles. The van der Waals surface area contributed by atoms with E-state index in [9.17, 15) is 13.2 Å². The van der Waals surface area contributed by atoms with Crippen LogP contribution in [0.3, 0.4) is 0 Å². The maximum absolute atomic E-state index is 13.1. The number of hydrogen-bond donors (Lipinski definition) is 0. The zero-order valence-corrected chi connectivity index (χ0v) is 18.3. The lowest BCUT2D eigenvalue weighted by Gasteiger charge is -2.35. The van der Waals surface area contributed by atoms with Gasteiger partial charge in [-0.1, -0.05) is 24.4 Å². The first-order valence-corrected chi connectivity index (χ1v) is 11.9. The molecule has 0 unspecified atom stereocenters. The van der Waals surface area contributed by atoms with Gasteiger partial charge in [0.05, 0.1) is 5.02 Å². The number of likely N-dealkylation sites (tertiary alicyclic amines) is 1. The van der Waals surface area contributed by atoms with E-state index in [0.717, 1.165) is 38.5 Å². The molecule has 0 aromatic heterocycles. The molecule has 0 atom stereocenters. The van der Waals surface area contributed by atoms with E-state index in [1.54, 1.807) is 6.07 Å². The number of sulfonamides is 1. The fraction of sp³-hybridized carbons (Fsp3) is 0.650. The Morgan fingerprint density at radius 3 is 2.21 bits per heavy atom. The second-order valence-electron chi connectivity index (χ2n) is 7.95. The average molecular weight is 428 g/mol. The Morgan fingerprint density at radius 2 is 1.64 bits per heavy atom. The molecule has 0 N–H and O–H groups in total. The summed E-state index contributed by atoms with van der Waals surface area (Å²) in [6.07, 6.45) is 5.64. The van der Waals surface area contributed by atoms with Crippen molar-refractivity contribution in [1.29, 1.82) is 0 Å². The highest BCUT2D eigenvalue weighted by atomic mass is 35.5. The van der Waals surface area contributed by atoms with E-state index in [1.165, 1.54) is 16.4 Å². The standard InChI is InChI=1S/C20H30ClN3O3S/c1-22(2)17-9-13-23(14-10-17)20(25)16-7-8-18(21)19(15-16)28(26,27)24-11-5-3-4-6-12-24/h7-8,15,17H,3-6,9-14H2,1-2H3. The van der Waals surface area contributed by atoms with Crippen molar-refractivity contribution in [3.8, 4) is 0 Å². The molecule has 2 heterocycles. The van der Waals surface area contributed by atoms with Crippen LogP contribution in [0.25, 0.3) is 0 Å². The maximum atomic E-state index is 13.1. The van der Waals surface area contributed by atoms with Crippen LogP contribution in [0.1, 0.15) is 48.9 Å². The lowest BCUT2D eigenvalue weighted by atomic mass is 10.0. The van der Waals surface area contributed by atoms with Gasteiger partial charge in [-0.3, -0.25) is 4.79 Å². The molecule has 1 aromatic carbocycles. The molecule has 2 fully saturated rings. The van der Waals surface area contributed by atoms with E-state index in [4.69, 9.17) is 11.6 Å². The van der Waals surface area contributed by atoms with E-state index >= 15 is 0 Å². The van der Waals surface area contributed by atoms with Crippen LogP contribution >= 0.6 is 11.6 Å². The molecule has 28 heavy (non-hydrogen) atoms. The van der Waals surface area contributed by atoms with Crippen LogP contribution in [-0.4, -0.2) is 74.7 Å². The second-order valence-corrected chi connectivity index (χ2v) is 10.3. The van der Waals surface area contributed by atoms with Gasteiger partial charge >= 0.3 is 0 Å². The first-order valence-electron chi connectivity index (χ1n) is 10.1. The number of rotatable bonds is 4. The van der Waals surface area contributed by atoms with Gasteiger partial charge in [0.1, 0.15) is 4.90 Å². The molecule has 156 valence electrons. The van der Waals surface area contributed by atoms with Gasteiger partial charge in [-0.05, 0) is 58.0 Å². The SMILES string of the molecule is CN(C)C1CCN(C(=O)c2ccc(Cl)c(S(=O)(=O)N3CCCCCC3)c2)CC1. The summed E-state index contributed by atoms with van der Waals surface area (Å²) in [6, 6.07) is 5.10. The fourth-order valence-corrected chi connectivity index (χ4v) is 6.04. The van der Waals surface area contributed by atoms with Crippen molar-refractivity contribution >= 4 is 27.5 Å². The number of halogens is 1. The minimum atomic E-state index is -3.70. The smallest absolute Gasteiger partial charge is 0.253 e. The Hall–Kier alpha value is -1.15. The lowest BCUT2D eigenvalue weighted by molar-refractivity contribution is 0.0663. The summed E-state index contributed by atoms with van der Waals surface area (Å²) < 4.78 is 27.8. The highest BCUT2D eigenvalue weighted by molar-refractivity contribution is 7.89. The second kappa shape index (κ2) is 9.11. The first kappa shape index (κ1) is 21.6. The molecular weight excluding hydrogens is 398 g/mol. The van der Waals surface area contributed by atoms with Gasteiger partial charge in [0.15, 0.2) is 0 Å². The molecule has 1 aromatic rings. The van der Waals surface area contributed by atoms with Crippen LogP contribution in [0.15, 0.2) is 23.1 Å². The summed E-state index contributed by atoms with van der Waals surface area (Å²) in [6.45, 7) is 2.38. The third-order valence-corrected chi connectivity index (χ3v) is 8.22. The molecule has 0 aliphatic carbocycles. The minimum absolute atomic E-state index is 0.0464. The molecular formula is C20H30ClN3O3S. The van der Waals surface area contributed by atoms with Gasteiger partial charge in [-0.25, -0.2) is 8.42 Å². The van der Waals surface area contributed by atoms with Gasteiger partial charge in [0.25, 0.3) is 5.91 Å². The van der Waals surface area contributed by atoms with Crippen LogP contribution in [0.2, 0.25) is 5.02 Å². The van der Waals surface area contributed by atoms with E-state index < -0.39 is 10.0 Å². The zero-order chi connectivity index (χ0) is 20.3. The summed E-state index contributed by atoms with van der Waals surface area (Å²) in [7, 11) is 0.415. The molecule has 0 bridgehead atoms. The predicted molar refractivity (Wildman–Crippen MR) is 111 cm³/mol. The van der Waals surface area contributed by atoms with Crippen molar-refractivity contribution in [2.45, 2.75) is 49.5 Å². The van der Waals surface area contributed by atoms with Gasteiger partial charge in [0.2, 0.25) is 10.0 Å². The zero-order valence-electron chi connectivity index (χ0n) is 16.7. The van der Waals surface area contributed by atoms with Crippen molar-refractivity contribution in [3.63, 3.8) is 0 Å². The van der Waals surface area contributed by atoms with E-state index in [1.807, 2.05) is 4.90 Å². The summed E-state index contributed by atoms with van der Waals surface area (Å²) in [5.41, 5.74) is 0.390. The summed E-state index contributed by atoms with van der Waals surface area (Å²) >= 11 is 6.25. The number of carbonyl (C=O) groups excluding carboxylic acids is 1. The minimum Gasteiger partial charge on any atom is -0.339 e. The Morgan fingerprint density at radius 1 is 1.04 bits per heavy atom. The number of piperidine rings is 1. The molecule has 0 saturated carbocycles. The van der Waals surface area contributed by atoms with Gasteiger partial charge in [0, 0.05) is 37.8 Å². The quantitative estimate of drug-likeness (QED) is 0.740. The number of benzene rings is 1. The van der Waals surface area contributed by atoms with Crippen molar-refractivity contribution in [2.24, 2.45) is 0 Å². The molecule has 0 radical (unpaired) electrons. The number of nitrogens with zero attached hydrogens (tertiary/aromatic N) is 3. The van der Waals surface area contributed by atoms with E-state index in [2.05, 4.69) is 19.0 Å². The van der Waals surface area contributed by atoms with Gasteiger partial charge in [-0.15, -0.1) is 0 Å². The maximum Gasteiger partial charge on any atom is 0.253 e. The largest absolute Gasteiger partial charge is 0.339 e. The van der Waals surface area contributed by atoms with Crippen LogP contribution in [0, 0.1) is 0 Å². The monoisotopic (exact) mass is 427 g/mol. The lowest BCUT2D eigenvalue weighted by Crippen LogP contribution is -2.44. The van der Waals surface area contributed by atoms with Crippen LogP contribution in [0.4, 0.5) is 0 Å². The molecule has 8 heteroatoms. The van der Waals surface area contributed by atoms with Crippen LogP contribution in [-0.2, 0) is 10.0 Å². The third-order valence-electron chi connectivity index (χ3n) is 5.84. The van der Waals surface area contributed by atoms with E-state index in [-0.39, 0.29) is 15.8 Å². The number of amides is 1.